The predicted octanol–water partition coefficient (Wildman–Crippen LogP) is 2.09. The molecule has 0 aromatic heterocycles. The van der Waals surface area contributed by atoms with Crippen molar-refractivity contribution in [2.24, 2.45) is 0 Å². The van der Waals surface area contributed by atoms with Crippen molar-refractivity contribution in [1.82, 2.24) is 10.4 Å². The van der Waals surface area contributed by atoms with Gasteiger partial charge in [0.2, 0.25) is 0 Å². The molecule has 0 spiro atoms. The molecule has 1 aliphatic rings. The fourth-order valence-corrected chi connectivity index (χ4v) is 2.53. The van der Waals surface area contributed by atoms with E-state index in [-0.39, 0.29) is 32.5 Å². The first kappa shape index (κ1) is 22.4. The van der Waals surface area contributed by atoms with Crippen LogP contribution >= 0.6 is 0 Å². The van der Waals surface area contributed by atoms with Gasteiger partial charge in [-0.25, -0.2) is 4.79 Å². The minimum absolute atomic E-state index is 0.0514. The van der Waals surface area contributed by atoms with Crippen molar-refractivity contribution in [3.63, 3.8) is 0 Å². The quantitative estimate of drug-likeness (QED) is 0.520. The minimum Gasteiger partial charge on any atom is -0.460 e. The van der Waals surface area contributed by atoms with Crippen LogP contribution in [0, 0.1) is 0 Å². The molecular weight excluding hydrogens is 380 g/mol. The summed E-state index contributed by atoms with van der Waals surface area (Å²) in [6, 6.07) is 8.24. The molecule has 0 saturated carbocycles. The Labute approximate surface area is 169 Å². The van der Waals surface area contributed by atoms with Gasteiger partial charge in [-0.2, -0.15) is 5.06 Å². The van der Waals surface area contributed by atoms with Gasteiger partial charge in [-0.05, 0) is 26.3 Å². The molecule has 158 valence electrons. The number of nitrogens with one attached hydrogen (secondary N) is 1. The monoisotopic (exact) mass is 406 g/mol. The highest BCUT2D eigenvalue weighted by Gasteiger charge is 2.32. The molecule has 1 N–H and O–H groups in total. The lowest BCUT2D eigenvalue weighted by molar-refractivity contribution is -0.189. The van der Waals surface area contributed by atoms with Gasteiger partial charge in [0.1, 0.15) is 12.2 Å². The van der Waals surface area contributed by atoms with Gasteiger partial charge in [-0.3, -0.25) is 19.2 Å². The second-order valence-corrected chi connectivity index (χ2v) is 7.57. The van der Waals surface area contributed by atoms with E-state index in [0.29, 0.717) is 5.06 Å². The summed E-state index contributed by atoms with van der Waals surface area (Å²) in [4.78, 5) is 52.8. The van der Waals surface area contributed by atoms with Gasteiger partial charge in [-0.15, -0.1) is 0 Å². The number of alkyl carbamates (subject to hydrolysis) is 1. The van der Waals surface area contributed by atoms with Crippen LogP contribution in [0.25, 0.3) is 0 Å². The van der Waals surface area contributed by atoms with E-state index in [9.17, 15) is 19.2 Å². The van der Waals surface area contributed by atoms with Gasteiger partial charge in [0.15, 0.2) is 0 Å². The Morgan fingerprint density at radius 2 is 1.72 bits per heavy atom. The first-order valence-corrected chi connectivity index (χ1v) is 9.32. The van der Waals surface area contributed by atoms with Crippen molar-refractivity contribution in [2.45, 2.75) is 58.3 Å². The fourth-order valence-electron chi connectivity index (χ4n) is 2.53. The third-order valence-corrected chi connectivity index (χ3v) is 3.78. The van der Waals surface area contributed by atoms with Gasteiger partial charge in [0, 0.05) is 12.8 Å². The van der Waals surface area contributed by atoms with Crippen molar-refractivity contribution in [1.29, 1.82) is 0 Å². The maximum Gasteiger partial charge on any atom is 0.407 e. The van der Waals surface area contributed by atoms with E-state index in [1.807, 2.05) is 18.2 Å². The third-order valence-electron chi connectivity index (χ3n) is 3.78. The number of ether oxygens (including phenoxy) is 2. The second-order valence-electron chi connectivity index (χ2n) is 7.57. The zero-order chi connectivity index (χ0) is 21.4. The minimum atomic E-state index is -0.852. The first-order chi connectivity index (χ1) is 13.6. The average molecular weight is 406 g/mol. The lowest BCUT2D eigenvalue weighted by Crippen LogP contribution is -2.43. The number of benzene rings is 1. The van der Waals surface area contributed by atoms with E-state index < -0.39 is 35.5 Å². The summed E-state index contributed by atoms with van der Waals surface area (Å²) in [6.45, 7) is 4.95. The summed E-state index contributed by atoms with van der Waals surface area (Å²) in [5, 5.41) is 3.19. The number of nitrogens with zero attached hydrogens (tertiary/aromatic N) is 1. The highest BCUT2D eigenvalue weighted by atomic mass is 16.7. The normalized spacial score (nSPS) is 15.2. The third kappa shape index (κ3) is 7.90. The summed E-state index contributed by atoms with van der Waals surface area (Å²) >= 11 is 0. The lowest BCUT2D eigenvalue weighted by atomic mass is 10.2. The summed E-state index contributed by atoms with van der Waals surface area (Å²) in [6.07, 6.45) is -0.830. The number of hydroxylamine groups is 2. The molecule has 9 heteroatoms. The average Bonchev–Trinajstić information content (AvgIpc) is 2.95. The molecule has 2 rings (SSSR count). The fraction of sp³-hybridized carbons (Fsp3) is 0.500. The highest BCUT2D eigenvalue weighted by molar-refractivity contribution is 6.00. The van der Waals surface area contributed by atoms with E-state index in [0.717, 1.165) is 5.56 Å². The number of amides is 3. The molecule has 1 atom stereocenters. The Morgan fingerprint density at radius 3 is 2.31 bits per heavy atom. The number of hydrogen-bond donors (Lipinski definition) is 1. The van der Waals surface area contributed by atoms with Crippen LogP contribution < -0.4 is 5.32 Å². The number of carbonyl (C=O) groups excluding carboxylic acids is 4. The SMILES string of the molecule is CC(C)(C)OC(=O)C[C@@H](CON1C(=O)CCC1=O)NC(=O)OCc1ccccc1. The molecule has 1 aromatic carbocycles. The zero-order valence-corrected chi connectivity index (χ0v) is 16.8. The summed E-state index contributed by atoms with van der Waals surface area (Å²) < 4.78 is 10.4. The topological polar surface area (TPSA) is 111 Å². The Balaban J connectivity index is 1.93. The molecule has 1 heterocycles. The smallest absolute Gasteiger partial charge is 0.407 e. The second kappa shape index (κ2) is 10.0. The van der Waals surface area contributed by atoms with Crippen molar-refractivity contribution in [3.05, 3.63) is 35.9 Å². The Morgan fingerprint density at radius 1 is 1.10 bits per heavy atom. The van der Waals surface area contributed by atoms with E-state index >= 15 is 0 Å². The summed E-state index contributed by atoms with van der Waals surface area (Å²) in [5.41, 5.74) is 0.104. The van der Waals surface area contributed by atoms with Crippen LogP contribution in [-0.4, -0.2) is 47.2 Å². The van der Waals surface area contributed by atoms with Gasteiger partial charge < -0.3 is 14.8 Å². The molecule has 1 fully saturated rings. The molecule has 3 amide bonds. The molecular formula is C20H26N2O7. The standard InChI is InChI=1S/C20H26N2O7/c1-20(2,3)29-18(25)11-15(13-28-22-16(23)9-10-17(22)24)21-19(26)27-12-14-7-5-4-6-8-14/h4-8,15H,9-13H2,1-3H3,(H,21,26)/t15-/m0/s1. The maximum atomic E-state index is 12.1. The molecule has 1 aliphatic heterocycles. The summed E-state index contributed by atoms with van der Waals surface area (Å²) in [5.74, 6) is -1.48. The van der Waals surface area contributed by atoms with Crippen LogP contribution in [0.4, 0.5) is 4.79 Å². The van der Waals surface area contributed by atoms with E-state index in [1.165, 1.54) is 0 Å². The Kier molecular flexibility index (Phi) is 7.72. The number of carbonyl (C=O) groups is 4. The van der Waals surface area contributed by atoms with E-state index in [4.69, 9.17) is 14.3 Å². The predicted molar refractivity (Wildman–Crippen MR) is 101 cm³/mol. The number of rotatable bonds is 8. The van der Waals surface area contributed by atoms with Crippen molar-refractivity contribution < 1.29 is 33.5 Å². The molecule has 0 unspecified atom stereocenters. The van der Waals surface area contributed by atoms with Crippen LogP contribution in [0.15, 0.2) is 30.3 Å². The number of hydrogen-bond acceptors (Lipinski definition) is 7. The Hall–Kier alpha value is -2.94. The summed E-state index contributed by atoms with van der Waals surface area (Å²) in [7, 11) is 0. The molecule has 0 bridgehead atoms. The van der Waals surface area contributed by atoms with Crippen molar-refractivity contribution >= 4 is 23.9 Å². The molecule has 1 aromatic rings. The molecule has 29 heavy (non-hydrogen) atoms. The number of imide groups is 1. The number of esters is 1. The van der Waals surface area contributed by atoms with E-state index in [1.54, 1.807) is 32.9 Å². The first-order valence-electron chi connectivity index (χ1n) is 9.32. The van der Waals surface area contributed by atoms with Crippen molar-refractivity contribution in [2.75, 3.05) is 6.61 Å². The molecule has 0 radical (unpaired) electrons. The highest BCUT2D eigenvalue weighted by Crippen LogP contribution is 2.14. The molecule has 1 saturated heterocycles. The van der Waals surface area contributed by atoms with Gasteiger partial charge in [0.05, 0.1) is 19.1 Å². The van der Waals surface area contributed by atoms with Crippen LogP contribution in [-0.2, 0) is 35.3 Å². The van der Waals surface area contributed by atoms with Gasteiger partial charge in [-0.1, -0.05) is 30.3 Å². The van der Waals surface area contributed by atoms with Crippen LogP contribution in [0.5, 0.6) is 0 Å². The van der Waals surface area contributed by atoms with Gasteiger partial charge >= 0.3 is 12.1 Å². The van der Waals surface area contributed by atoms with Crippen LogP contribution in [0.3, 0.4) is 0 Å². The Bertz CT molecular complexity index is 727. The molecule has 9 nitrogen and oxygen atoms in total. The van der Waals surface area contributed by atoms with Crippen LogP contribution in [0.1, 0.15) is 45.6 Å². The molecule has 0 aliphatic carbocycles. The van der Waals surface area contributed by atoms with Crippen LogP contribution in [0.2, 0.25) is 0 Å². The van der Waals surface area contributed by atoms with Gasteiger partial charge in [0.25, 0.3) is 11.8 Å². The van der Waals surface area contributed by atoms with E-state index in [2.05, 4.69) is 5.32 Å². The largest absolute Gasteiger partial charge is 0.460 e. The zero-order valence-electron chi connectivity index (χ0n) is 16.8. The lowest BCUT2D eigenvalue weighted by Gasteiger charge is -2.23. The maximum absolute atomic E-state index is 12.1. The van der Waals surface area contributed by atoms with Crippen molar-refractivity contribution in [3.8, 4) is 0 Å².